The van der Waals surface area contributed by atoms with Gasteiger partial charge in [-0.3, -0.25) is 4.99 Å². The predicted molar refractivity (Wildman–Crippen MR) is 105 cm³/mol. The number of halogens is 1. The van der Waals surface area contributed by atoms with Crippen LogP contribution in [0.2, 0.25) is 0 Å². The maximum absolute atomic E-state index is 14.0. The molecule has 3 atom stereocenters. The van der Waals surface area contributed by atoms with Crippen LogP contribution in [0.5, 0.6) is 0 Å². The molecule has 3 unspecified atom stereocenters. The summed E-state index contributed by atoms with van der Waals surface area (Å²) in [6.07, 6.45) is 2.76. The Bertz CT molecular complexity index is 851. The molecule has 1 aromatic heterocycles. The van der Waals surface area contributed by atoms with Crippen LogP contribution in [0.3, 0.4) is 0 Å². The first-order valence-electron chi connectivity index (χ1n) is 9.91. The smallest absolute Gasteiger partial charge is 0.191 e. The second kappa shape index (κ2) is 8.26. The van der Waals surface area contributed by atoms with Gasteiger partial charge in [0.05, 0.1) is 6.54 Å². The number of fused-ring (bicyclic) bond motifs is 1. The van der Waals surface area contributed by atoms with Gasteiger partial charge in [0, 0.05) is 38.1 Å². The molecule has 0 bridgehead atoms. The fourth-order valence-electron chi connectivity index (χ4n) is 3.80. The number of nitrogens with one attached hydrogen (secondary N) is 2. The molecule has 7 nitrogen and oxygen atoms in total. The standard InChI is InChI=1S/C20H27FN6O/c1-3-22-20(24-17-10-15(17)14-6-4-5-7-16(14)21)23-13-8-9-19-25-18(12-28-2)26-27(19)11-13/h4-7,13,15,17H,3,8-12H2,1-2H3,(H2,22,23,24). The number of hydrogen-bond donors (Lipinski definition) is 2. The van der Waals surface area contributed by atoms with Gasteiger partial charge in [-0.2, -0.15) is 5.10 Å². The minimum absolute atomic E-state index is 0.128. The molecule has 1 aromatic carbocycles. The lowest BCUT2D eigenvalue weighted by atomic mass is 10.1. The minimum Gasteiger partial charge on any atom is -0.377 e. The second-order valence-corrected chi connectivity index (χ2v) is 7.38. The maximum atomic E-state index is 14.0. The summed E-state index contributed by atoms with van der Waals surface area (Å²) in [4.78, 5) is 9.09. The first-order chi connectivity index (χ1) is 13.7. The Balaban J connectivity index is 1.36. The van der Waals surface area contributed by atoms with Crippen molar-refractivity contribution in [3.8, 4) is 0 Å². The van der Waals surface area contributed by atoms with E-state index in [1.54, 1.807) is 13.2 Å². The molecule has 0 amide bonds. The lowest BCUT2D eigenvalue weighted by Gasteiger charge is -2.25. The molecule has 28 heavy (non-hydrogen) atoms. The first kappa shape index (κ1) is 18.9. The van der Waals surface area contributed by atoms with Gasteiger partial charge in [-0.15, -0.1) is 0 Å². The largest absolute Gasteiger partial charge is 0.377 e. The molecule has 0 radical (unpaired) electrons. The quantitative estimate of drug-likeness (QED) is 0.587. The van der Waals surface area contributed by atoms with Gasteiger partial charge in [0.15, 0.2) is 11.8 Å². The number of aryl methyl sites for hydroxylation is 1. The predicted octanol–water partition coefficient (Wildman–Crippen LogP) is 1.99. The number of guanidine groups is 1. The highest BCUT2D eigenvalue weighted by atomic mass is 19.1. The molecule has 0 spiro atoms. The van der Waals surface area contributed by atoms with Crippen LogP contribution in [0.15, 0.2) is 29.3 Å². The summed E-state index contributed by atoms with van der Waals surface area (Å²) in [6.45, 7) is 3.88. The number of hydrogen-bond acceptors (Lipinski definition) is 4. The maximum Gasteiger partial charge on any atom is 0.191 e. The van der Waals surface area contributed by atoms with E-state index in [1.807, 2.05) is 23.7 Å². The normalized spacial score (nSPS) is 24.0. The molecule has 1 saturated carbocycles. The molecular formula is C20H27FN6O. The van der Waals surface area contributed by atoms with Gasteiger partial charge in [-0.05, 0) is 31.4 Å². The van der Waals surface area contributed by atoms with Crippen LogP contribution in [0.25, 0.3) is 0 Å². The Morgan fingerprint density at radius 3 is 3.00 bits per heavy atom. The number of aliphatic imine (C=N–C) groups is 1. The van der Waals surface area contributed by atoms with E-state index in [9.17, 15) is 4.39 Å². The summed E-state index contributed by atoms with van der Waals surface area (Å²) in [6, 6.07) is 7.47. The first-order valence-corrected chi connectivity index (χ1v) is 9.91. The van der Waals surface area contributed by atoms with E-state index in [0.29, 0.717) is 13.2 Å². The topological polar surface area (TPSA) is 76.4 Å². The van der Waals surface area contributed by atoms with Crippen LogP contribution in [-0.2, 0) is 24.3 Å². The highest BCUT2D eigenvalue weighted by Gasteiger charge is 2.40. The van der Waals surface area contributed by atoms with Crippen LogP contribution >= 0.6 is 0 Å². The number of aromatic nitrogens is 3. The summed E-state index contributed by atoms with van der Waals surface area (Å²) in [5, 5.41) is 11.5. The highest BCUT2D eigenvalue weighted by Crippen LogP contribution is 2.41. The third kappa shape index (κ3) is 4.16. The van der Waals surface area contributed by atoms with Crippen molar-refractivity contribution in [2.24, 2.45) is 4.99 Å². The molecule has 4 rings (SSSR count). The number of ether oxygens (including phenoxy) is 1. The van der Waals surface area contributed by atoms with Crippen molar-refractivity contribution in [2.45, 2.75) is 57.3 Å². The van der Waals surface area contributed by atoms with E-state index >= 15 is 0 Å². The molecule has 150 valence electrons. The van der Waals surface area contributed by atoms with Crippen molar-refractivity contribution in [1.82, 2.24) is 25.4 Å². The Morgan fingerprint density at radius 1 is 1.36 bits per heavy atom. The van der Waals surface area contributed by atoms with Gasteiger partial charge in [0.1, 0.15) is 18.2 Å². The number of nitrogens with zero attached hydrogens (tertiary/aromatic N) is 4. The van der Waals surface area contributed by atoms with E-state index in [-0.39, 0.29) is 23.8 Å². The average Bonchev–Trinajstić information content (AvgIpc) is 3.31. The monoisotopic (exact) mass is 386 g/mol. The van der Waals surface area contributed by atoms with Gasteiger partial charge in [0.25, 0.3) is 0 Å². The molecule has 1 aliphatic carbocycles. The summed E-state index contributed by atoms with van der Waals surface area (Å²) in [5.74, 6) is 2.60. The van der Waals surface area contributed by atoms with Crippen molar-refractivity contribution in [3.63, 3.8) is 0 Å². The third-order valence-corrected chi connectivity index (χ3v) is 5.25. The number of methoxy groups -OCH3 is 1. The van der Waals surface area contributed by atoms with E-state index in [0.717, 1.165) is 49.0 Å². The summed E-state index contributed by atoms with van der Waals surface area (Å²) in [5.41, 5.74) is 0.784. The Kier molecular flexibility index (Phi) is 5.57. The molecule has 0 saturated heterocycles. The zero-order valence-electron chi connectivity index (χ0n) is 16.4. The lowest BCUT2D eigenvalue weighted by molar-refractivity contribution is 0.177. The lowest BCUT2D eigenvalue weighted by Crippen LogP contribution is -2.48. The molecule has 2 aliphatic rings. The number of benzene rings is 1. The summed E-state index contributed by atoms with van der Waals surface area (Å²) < 4.78 is 21.1. The second-order valence-electron chi connectivity index (χ2n) is 7.38. The van der Waals surface area contributed by atoms with Crippen LogP contribution in [0.1, 0.15) is 42.9 Å². The molecular weight excluding hydrogens is 359 g/mol. The van der Waals surface area contributed by atoms with Crippen LogP contribution in [-0.4, -0.2) is 46.5 Å². The van der Waals surface area contributed by atoms with E-state index in [1.165, 1.54) is 6.07 Å². The van der Waals surface area contributed by atoms with Crippen molar-refractivity contribution >= 4 is 5.96 Å². The fraction of sp³-hybridized carbons (Fsp3) is 0.550. The molecule has 2 N–H and O–H groups in total. The Hall–Kier alpha value is -2.48. The van der Waals surface area contributed by atoms with Crippen LogP contribution < -0.4 is 10.6 Å². The SMILES string of the molecule is CCN=C(NC1CCc2nc(COC)nn2C1)NC1CC1c1ccccc1F. The zero-order valence-corrected chi connectivity index (χ0v) is 16.4. The molecule has 2 aromatic rings. The zero-order chi connectivity index (χ0) is 19.5. The van der Waals surface area contributed by atoms with Crippen molar-refractivity contribution < 1.29 is 9.13 Å². The van der Waals surface area contributed by atoms with Crippen molar-refractivity contribution in [2.75, 3.05) is 13.7 Å². The van der Waals surface area contributed by atoms with Gasteiger partial charge < -0.3 is 15.4 Å². The number of rotatable bonds is 6. The Morgan fingerprint density at radius 2 is 2.21 bits per heavy atom. The third-order valence-electron chi connectivity index (χ3n) is 5.25. The average molecular weight is 386 g/mol. The fourth-order valence-corrected chi connectivity index (χ4v) is 3.80. The highest BCUT2D eigenvalue weighted by molar-refractivity contribution is 5.81. The van der Waals surface area contributed by atoms with Crippen LogP contribution in [0, 0.1) is 5.82 Å². The van der Waals surface area contributed by atoms with E-state index in [4.69, 9.17) is 4.74 Å². The van der Waals surface area contributed by atoms with Crippen molar-refractivity contribution in [3.05, 3.63) is 47.3 Å². The molecule has 2 heterocycles. The van der Waals surface area contributed by atoms with Crippen molar-refractivity contribution in [1.29, 1.82) is 0 Å². The molecule has 1 fully saturated rings. The van der Waals surface area contributed by atoms with E-state index < -0.39 is 0 Å². The van der Waals surface area contributed by atoms with Gasteiger partial charge in [-0.25, -0.2) is 14.1 Å². The van der Waals surface area contributed by atoms with E-state index in [2.05, 4.69) is 25.7 Å². The molecule has 1 aliphatic heterocycles. The summed E-state index contributed by atoms with van der Waals surface area (Å²) in [7, 11) is 1.65. The Labute approximate surface area is 164 Å². The summed E-state index contributed by atoms with van der Waals surface area (Å²) >= 11 is 0. The van der Waals surface area contributed by atoms with Gasteiger partial charge in [-0.1, -0.05) is 18.2 Å². The van der Waals surface area contributed by atoms with Crippen LogP contribution in [0.4, 0.5) is 4.39 Å². The molecule has 8 heteroatoms. The van der Waals surface area contributed by atoms with Gasteiger partial charge in [0.2, 0.25) is 0 Å². The minimum atomic E-state index is -0.128. The van der Waals surface area contributed by atoms with Gasteiger partial charge >= 0.3 is 0 Å².